The van der Waals surface area contributed by atoms with Crippen LogP contribution in [0.4, 0.5) is 0 Å². The number of aryl methyl sites for hydroxylation is 1. The maximum Gasteiger partial charge on any atom is 0.253 e. The normalized spacial score (nSPS) is 12.4. The van der Waals surface area contributed by atoms with Gasteiger partial charge in [-0.2, -0.15) is 0 Å². The summed E-state index contributed by atoms with van der Waals surface area (Å²) in [6.45, 7) is 3.64. The molecule has 0 aliphatic carbocycles. The Morgan fingerprint density at radius 1 is 1.21 bits per heavy atom. The first-order chi connectivity index (χ1) is 11.4. The van der Waals surface area contributed by atoms with Crippen molar-refractivity contribution in [1.29, 1.82) is 0 Å². The molecule has 24 heavy (non-hydrogen) atoms. The smallest absolute Gasteiger partial charge is 0.253 e. The SMILES string of the molecule is Cc1nc2cc(-c3cc(C(=O)N(C)C)ccc3C(C)O)ccc2[nH]1. The van der Waals surface area contributed by atoms with Crippen LogP contribution >= 0.6 is 0 Å². The summed E-state index contributed by atoms with van der Waals surface area (Å²) >= 11 is 0. The number of hydrogen-bond donors (Lipinski definition) is 2. The van der Waals surface area contributed by atoms with E-state index < -0.39 is 6.10 Å². The highest BCUT2D eigenvalue weighted by Crippen LogP contribution is 2.31. The van der Waals surface area contributed by atoms with Gasteiger partial charge in [0, 0.05) is 19.7 Å². The van der Waals surface area contributed by atoms with Crippen molar-refractivity contribution < 1.29 is 9.90 Å². The Morgan fingerprint density at radius 3 is 2.62 bits per heavy atom. The second-order valence-electron chi connectivity index (χ2n) is 6.23. The summed E-state index contributed by atoms with van der Waals surface area (Å²) in [5.41, 5.74) is 4.99. The van der Waals surface area contributed by atoms with Crippen LogP contribution in [0.1, 0.15) is 34.8 Å². The van der Waals surface area contributed by atoms with E-state index in [0.717, 1.165) is 33.5 Å². The van der Waals surface area contributed by atoms with Crippen molar-refractivity contribution in [3.8, 4) is 11.1 Å². The van der Waals surface area contributed by atoms with Crippen LogP contribution in [0, 0.1) is 6.92 Å². The van der Waals surface area contributed by atoms with Gasteiger partial charge in [0.2, 0.25) is 0 Å². The van der Waals surface area contributed by atoms with Crippen LogP contribution in [0.25, 0.3) is 22.2 Å². The fraction of sp³-hybridized carbons (Fsp3) is 0.263. The number of aliphatic hydroxyl groups is 1. The van der Waals surface area contributed by atoms with Crippen LogP contribution in [0.2, 0.25) is 0 Å². The number of carbonyl (C=O) groups excluding carboxylic acids is 1. The topological polar surface area (TPSA) is 69.2 Å². The van der Waals surface area contributed by atoms with Crippen LogP contribution in [0.3, 0.4) is 0 Å². The minimum atomic E-state index is -0.625. The summed E-state index contributed by atoms with van der Waals surface area (Å²) < 4.78 is 0. The quantitative estimate of drug-likeness (QED) is 0.777. The molecule has 1 atom stereocenters. The van der Waals surface area contributed by atoms with E-state index >= 15 is 0 Å². The van der Waals surface area contributed by atoms with Crippen LogP contribution < -0.4 is 0 Å². The molecule has 5 heteroatoms. The largest absolute Gasteiger partial charge is 0.389 e. The lowest BCUT2D eigenvalue weighted by Gasteiger charge is -2.16. The van der Waals surface area contributed by atoms with Gasteiger partial charge >= 0.3 is 0 Å². The molecule has 0 aliphatic heterocycles. The molecule has 0 aliphatic rings. The molecule has 1 heterocycles. The number of fused-ring (bicyclic) bond motifs is 1. The number of carbonyl (C=O) groups is 1. The van der Waals surface area contributed by atoms with Crippen LogP contribution in [-0.2, 0) is 0 Å². The third-order valence-corrected chi connectivity index (χ3v) is 4.07. The summed E-state index contributed by atoms with van der Waals surface area (Å²) in [6, 6.07) is 11.3. The number of imidazole rings is 1. The van der Waals surface area contributed by atoms with Crippen molar-refractivity contribution in [2.45, 2.75) is 20.0 Å². The molecule has 0 spiro atoms. The molecule has 1 aromatic heterocycles. The fourth-order valence-corrected chi connectivity index (χ4v) is 2.86. The van der Waals surface area contributed by atoms with Gasteiger partial charge in [-0.25, -0.2) is 4.98 Å². The first-order valence-electron chi connectivity index (χ1n) is 7.87. The number of aliphatic hydroxyl groups excluding tert-OH is 1. The average molecular weight is 323 g/mol. The van der Waals surface area contributed by atoms with E-state index in [4.69, 9.17) is 0 Å². The Hall–Kier alpha value is -2.66. The molecule has 2 aromatic carbocycles. The molecule has 0 fully saturated rings. The van der Waals surface area contributed by atoms with Gasteiger partial charge in [0.25, 0.3) is 5.91 Å². The number of amides is 1. The number of H-pyrrole nitrogens is 1. The van der Waals surface area contributed by atoms with Crippen LogP contribution in [0.15, 0.2) is 36.4 Å². The first-order valence-corrected chi connectivity index (χ1v) is 7.87. The highest BCUT2D eigenvalue weighted by molar-refractivity contribution is 5.96. The lowest BCUT2D eigenvalue weighted by atomic mass is 9.94. The van der Waals surface area contributed by atoms with Gasteiger partial charge in [-0.1, -0.05) is 12.1 Å². The van der Waals surface area contributed by atoms with Gasteiger partial charge in [0.15, 0.2) is 0 Å². The summed E-state index contributed by atoms with van der Waals surface area (Å²) in [6.07, 6.45) is -0.625. The van der Waals surface area contributed by atoms with Gasteiger partial charge in [0.1, 0.15) is 5.82 Å². The number of aromatic nitrogens is 2. The van der Waals surface area contributed by atoms with Crippen molar-refractivity contribution >= 4 is 16.9 Å². The van der Waals surface area contributed by atoms with Crippen molar-refractivity contribution in [2.24, 2.45) is 0 Å². The maximum atomic E-state index is 12.3. The van der Waals surface area contributed by atoms with Crippen molar-refractivity contribution in [1.82, 2.24) is 14.9 Å². The van der Waals surface area contributed by atoms with Crippen molar-refractivity contribution in [3.63, 3.8) is 0 Å². The van der Waals surface area contributed by atoms with E-state index in [1.54, 1.807) is 32.0 Å². The molecular weight excluding hydrogens is 302 g/mol. The zero-order chi connectivity index (χ0) is 17.4. The molecule has 0 saturated heterocycles. The molecule has 2 N–H and O–H groups in total. The average Bonchev–Trinajstić information content (AvgIpc) is 2.92. The Morgan fingerprint density at radius 2 is 1.96 bits per heavy atom. The van der Waals surface area contributed by atoms with E-state index in [-0.39, 0.29) is 5.91 Å². The van der Waals surface area contributed by atoms with E-state index in [9.17, 15) is 9.90 Å². The highest BCUT2D eigenvalue weighted by atomic mass is 16.3. The molecule has 1 amide bonds. The first kappa shape index (κ1) is 16.2. The van der Waals surface area contributed by atoms with E-state index in [0.29, 0.717) is 5.56 Å². The second-order valence-corrected chi connectivity index (χ2v) is 6.23. The Bertz CT molecular complexity index is 910. The van der Waals surface area contributed by atoms with Gasteiger partial charge in [-0.05, 0) is 54.8 Å². The molecule has 124 valence electrons. The van der Waals surface area contributed by atoms with E-state index in [1.165, 1.54) is 0 Å². The van der Waals surface area contributed by atoms with Crippen molar-refractivity contribution in [3.05, 3.63) is 53.3 Å². The van der Waals surface area contributed by atoms with Gasteiger partial charge in [0.05, 0.1) is 17.1 Å². The van der Waals surface area contributed by atoms with Crippen LogP contribution in [-0.4, -0.2) is 40.0 Å². The Labute approximate surface area is 141 Å². The molecule has 0 saturated carbocycles. The molecule has 3 aromatic rings. The number of nitrogens with zero attached hydrogens (tertiary/aromatic N) is 2. The number of benzene rings is 2. The monoisotopic (exact) mass is 323 g/mol. The van der Waals surface area contributed by atoms with Gasteiger partial charge < -0.3 is 15.0 Å². The van der Waals surface area contributed by atoms with Crippen LogP contribution in [0.5, 0.6) is 0 Å². The summed E-state index contributed by atoms with van der Waals surface area (Å²) in [4.78, 5) is 21.5. The predicted octanol–water partition coefficient (Wildman–Crippen LogP) is 3.29. The molecule has 3 rings (SSSR count). The summed E-state index contributed by atoms with van der Waals surface area (Å²) in [5, 5.41) is 10.1. The van der Waals surface area contributed by atoms with Gasteiger partial charge in [-0.15, -0.1) is 0 Å². The predicted molar refractivity (Wildman–Crippen MR) is 94.9 cm³/mol. The number of hydrogen-bond acceptors (Lipinski definition) is 3. The number of nitrogens with one attached hydrogen (secondary N) is 1. The Kier molecular flexibility index (Phi) is 4.11. The number of aromatic amines is 1. The second kappa shape index (κ2) is 6.09. The lowest BCUT2D eigenvalue weighted by molar-refractivity contribution is 0.0827. The maximum absolute atomic E-state index is 12.3. The molecular formula is C19H21N3O2. The summed E-state index contributed by atoms with van der Waals surface area (Å²) in [5.74, 6) is 0.791. The molecule has 5 nitrogen and oxygen atoms in total. The third kappa shape index (κ3) is 2.90. The molecule has 0 radical (unpaired) electrons. The van der Waals surface area contributed by atoms with E-state index in [1.807, 2.05) is 37.3 Å². The molecule has 0 bridgehead atoms. The van der Waals surface area contributed by atoms with Crippen molar-refractivity contribution in [2.75, 3.05) is 14.1 Å². The summed E-state index contributed by atoms with van der Waals surface area (Å²) in [7, 11) is 3.45. The zero-order valence-corrected chi connectivity index (χ0v) is 14.3. The van der Waals surface area contributed by atoms with E-state index in [2.05, 4.69) is 9.97 Å². The number of rotatable bonds is 3. The zero-order valence-electron chi connectivity index (χ0n) is 14.3. The third-order valence-electron chi connectivity index (χ3n) is 4.07. The van der Waals surface area contributed by atoms with Gasteiger partial charge in [-0.3, -0.25) is 4.79 Å². The minimum absolute atomic E-state index is 0.0647. The standard InChI is InChI=1S/C19H21N3O2/c1-11(23)15-7-5-14(19(24)22(3)4)9-16(15)13-6-8-17-18(10-13)21-12(2)20-17/h5-11,23H,1-4H3,(H,20,21). The molecule has 1 unspecified atom stereocenters. The highest BCUT2D eigenvalue weighted by Gasteiger charge is 2.15. The lowest BCUT2D eigenvalue weighted by Crippen LogP contribution is -2.21. The fourth-order valence-electron chi connectivity index (χ4n) is 2.86. The minimum Gasteiger partial charge on any atom is -0.389 e. The Balaban J connectivity index is 2.18.